The van der Waals surface area contributed by atoms with Gasteiger partial charge in [0.25, 0.3) is 11.5 Å². The van der Waals surface area contributed by atoms with Crippen molar-refractivity contribution in [2.45, 2.75) is 25.4 Å². The maximum Gasteiger partial charge on any atom is 0.337 e. The van der Waals surface area contributed by atoms with Crippen LogP contribution in [0.1, 0.15) is 45.2 Å². The number of aromatic amines is 1. The lowest BCUT2D eigenvalue weighted by Gasteiger charge is -2.09. The summed E-state index contributed by atoms with van der Waals surface area (Å²) in [6.45, 7) is 0.232. The summed E-state index contributed by atoms with van der Waals surface area (Å²) >= 11 is 0. The molecule has 0 aliphatic heterocycles. The zero-order chi connectivity index (χ0) is 20.5. The highest BCUT2D eigenvalue weighted by Gasteiger charge is 2.27. The van der Waals surface area contributed by atoms with E-state index in [0.717, 1.165) is 18.4 Å². The Morgan fingerprint density at radius 3 is 2.59 bits per heavy atom. The Morgan fingerprint density at radius 1 is 1.21 bits per heavy atom. The molecular formula is C20H18N4O5. The molecule has 3 aromatic rings. The number of carbonyl (C=O) groups is 2. The smallest absolute Gasteiger partial charge is 0.337 e. The van der Waals surface area contributed by atoms with E-state index >= 15 is 0 Å². The SMILES string of the molecule is COC(=O)c1ccc(CNC(=O)c2cnc3c(c2)c(=O)[nH]c(=O)n3C2CC2)cc1. The first-order chi connectivity index (χ1) is 14.0. The maximum absolute atomic E-state index is 12.5. The van der Waals surface area contributed by atoms with Gasteiger partial charge in [-0.2, -0.15) is 0 Å². The Bertz CT molecular complexity index is 1220. The van der Waals surface area contributed by atoms with Gasteiger partial charge < -0.3 is 10.1 Å². The van der Waals surface area contributed by atoms with Crippen molar-refractivity contribution in [2.24, 2.45) is 0 Å². The van der Waals surface area contributed by atoms with Crippen molar-refractivity contribution in [1.29, 1.82) is 0 Å². The molecule has 148 valence electrons. The molecule has 4 rings (SSSR count). The van der Waals surface area contributed by atoms with Crippen molar-refractivity contribution in [1.82, 2.24) is 19.9 Å². The lowest BCUT2D eigenvalue weighted by atomic mass is 10.1. The standard InChI is InChI=1S/C20H18N4O5/c1-29-19(27)12-4-2-11(3-5-12)9-22-17(25)13-8-15-16(21-10-13)24(14-6-7-14)20(28)23-18(15)26/h2-5,8,10,14H,6-7,9H2,1H3,(H,22,25)(H,23,26,28). The first-order valence-corrected chi connectivity index (χ1v) is 9.08. The van der Waals surface area contributed by atoms with E-state index in [2.05, 4.69) is 20.0 Å². The Balaban J connectivity index is 1.54. The summed E-state index contributed by atoms with van der Waals surface area (Å²) in [6.07, 6.45) is 3.08. The number of nitrogens with zero attached hydrogens (tertiary/aromatic N) is 2. The van der Waals surface area contributed by atoms with Gasteiger partial charge in [0, 0.05) is 18.8 Å². The summed E-state index contributed by atoms with van der Waals surface area (Å²) in [5, 5.41) is 2.95. The molecule has 0 radical (unpaired) electrons. The van der Waals surface area contributed by atoms with Gasteiger partial charge in [-0.3, -0.25) is 19.1 Å². The number of H-pyrrole nitrogens is 1. The fraction of sp³-hybridized carbons (Fsp3) is 0.250. The fourth-order valence-electron chi connectivity index (χ4n) is 3.09. The molecule has 29 heavy (non-hydrogen) atoms. The van der Waals surface area contributed by atoms with Gasteiger partial charge in [-0.15, -0.1) is 0 Å². The number of rotatable bonds is 5. The van der Waals surface area contributed by atoms with Crippen LogP contribution in [-0.4, -0.2) is 33.5 Å². The number of benzene rings is 1. The van der Waals surface area contributed by atoms with E-state index in [1.54, 1.807) is 24.3 Å². The van der Waals surface area contributed by atoms with Crippen LogP contribution in [0, 0.1) is 0 Å². The molecule has 2 aromatic heterocycles. The third-order valence-corrected chi connectivity index (χ3v) is 4.78. The molecule has 1 saturated carbocycles. The third-order valence-electron chi connectivity index (χ3n) is 4.78. The molecule has 0 saturated heterocycles. The number of amides is 1. The van der Waals surface area contributed by atoms with E-state index in [0.29, 0.717) is 5.56 Å². The van der Waals surface area contributed by atoms with Crippen LogP contribution in [0.5, 0.6) is 0 Å². The minimum Gasteiger partial charge on any atom is -0.465 e. The molecule has 1 aromatic carbocycles. The van der Waals surface area contributed by atoms with Gasteiger partial charge in [-0.25, -0.2) is 14.6 Å². The molecule has 0 spiro atoms. The van der Waals surface area contributed by atoms with Crippen molar-refractivity contribution in [3.63, 3.8) is 0 Å². The lowest BCUT2D eigenvalue weighted by molar-refractivity contribution is 0.0600. The van der Waals surface area contributed by atoms with Crippen LogP contribution in [0.15, 0.2) is 46.1 Å². The molecule has 9 heteroatoms. The summed E-state index contributed by atoms with van der Waals surface area (Å²) in [7, 11) is 1.31. The third kappa shape index (κ3) is 3.66. The second kappa shape index (κ2) is 7.34. The molecule has 0 unspecified atom stereocenters. The summed E-state index contributed by atoms with van der Waals surface area (Å²) in [4.78, 5) is 54.7. The highest BCUT2D eigenvalue weighted by atomic mass is 16.5. The minimum absolute atomic E-state index is 0.0435. The molecule has 2 heterocycles. The van der Waals surface area contributed by atoms with Crippen LogP contribution >= 0.6 is 0 Å². The second-order valence-electron chi connectivity index (χ2n) is 6.83. The van der Waals surface area contributed by atoms with Crippen molar-refractivity contribution in [2.75, 3.05) is 7.11 Å². The van der Waals surface area contributed by atoms with Gasteiger partial charge in [0.1, 0.15) is 5.65 Å². The normalized spacial score (nSPS) is 13.3. The number of carbonyl (C=O) groups excluding carboxylic acids is 2. The number of hydrogen-bond donors (Lipinski definition) is 2. The highest BCUT2D eigenvalue weighted by Crippen LogP contribution is 2.34. The lowest BCUT2D eigenvalue weighted by Crippen LogP contribution is -2.31. The van der Waals surface area contributed by atoms with Gasteiger partial charge in [-0.05, 0) is 36.6 Å². The Hall–Kier alpha value is -3.75. The number of methoxy groups -OCH3 is 1. The van der Waals surface area contributed by atoms with Gasteiger partial charge in [0.2, 0.25) is 0 Å². The molecule has 0 atom stereocenters. The van der Waals surface area contributed by atoms with Crippen molar-refractivity contribution in [3.8, 4) is 0 Å². The van der Waals surface area contributed by atoms with Crippen LogP contribution in [0.3, 0.4) is 0 Å². The van der Waals surface area contributed by atoms with Crippen LogP contribution in [0.25, 0.3) is 11.0 Å². The van der Waals surface area contributed by atoms with E-state index in [-0.39, 0.29) is 29.2 Å². The van der Waals surface area contributed by atoms with Crippen LogP contribution < -0.4 is 16.6 Å². The molecular weight excluding hydrogens is 376 g/mol. The summed E-state index contributed by atoms with van der Waals surface area (Å²) in [6, 6.07) is 8.13. The van der Waals surface area contributed by atoms with Crippen LogP contribution in [0.4, 0.5) is 0 Å². The number of pyridine rings is 1. The van der Waals surface area contributed by atoms with E-state index in [1.165, 1.54) is 23.9 Å². The van der Waals surface area contributed by atoms with Crippen molar-refractivity contribution < 1.29 is 14.3 Å². The number of aromatic nitrogens is 3. The summed E-state index contributed by atoms with van der Waals surface area (Å²) in [5.74, 6) is -0.835. The zero-order valence-corrected chi connectivity index (χ0v) is 15.6. The maximum atomic E-state index is 12.5. The van der Waals surface area contributed by atoms with Gasteiger partial charge >= 0.3 is 11.7 Å². The van der Waals surface area contributed by atoms with Crippen LogP contribution in [-0.2, 0) is 11.3 Å². The first kappa shape index (κ1) is 18.6. The number of fused-ring (bicyclic) bond motifs is 1. The van der Waals surface area contributed by atoms with Gasteiger partial charge in [0.05, 0.1) is 23.6 Å². The molecule has 1 aliphatic carbocycles. The molecule has 2 N–H and O–H groups in total. The average molecular weight is 394 g/mol. The van der Waals surface area contributed by atoms with E-state index in [1.807, 2.05) is 0 Å². The first-order valence-electron chi connectivity index (χ1n) is 9.08. The Morgan fingerprint density at radius 2 is 1.93 bits per heavy atom. The van der Waals surface area contributed by atoms with Crippen LogP contribution in [0.2, 0.25) is 0 Å². The molecule has 9 nitrogen and oxygen atoms in total. The molecule has 1 aliphatic rings. The average Bonchev–Trinajstić information content (AvgIpc) is 3.56. The number of ether oxygens (including phenoxy) is 1. The number of nitrogens with one attached hydrogen (secondary N) is 2. The van der Waals surface area contributed by atoms with Gasteiger partial charge in [-0.1, -0.05) is 12.1 Å². The summed E-state index contributed by atoms with van der Waals surface area (Å²) in [5.41, 5.74) is 0.668. The number of hydrogen-bond acceptors (Lipinski definition) is 6. The Labute approximate surface area is 164 Å². The second-order valence-corrected chi connectivity index (χ2v) is 6.83. The highest BCUT2D eigenvalue weighted by molar-refractivity contribution is 5.96. The largest absolute Gasteiger partial charge is 0.465 e. The van der Waals surface area contributed by atoms with Crippen molar-refractivity contribution >= 4 is 22.9 Å². The Kier molecular flexibility index (Phi) is 4.71. The fourth-order valence-corrected chi connectivity index (χ4v) is 3.09. The van der Waals surface area contributed by atoms with Gasteiger partial charge in [0.15, 0.2) is 0 Å². The van der Waals surface area contributed by atoms with Crippen molar-refractivity contribution in [3.05, 3.63) is 74.1 Å². The van der Waals surface area contributed by atoms with E-state index in [4.69, 9.17) is 0 Å². The summed E-state index contributed by atoms with van der Waals surface area (Å²) < 4.78 is 6.12. The van der Waals surface area contributed by atoms with E-state index in [9.17, 15) is 19.2 Å². The predicted octanol–water partition coefficient (Wildman–Crippen LogP) is 1.14. The zero-order valence-electron chi connectivity index (χ0n) is 15.6. The monoisotopic (exact) mass is 394 g/mol. The quantitative estimate of drug-likeness (QED) is 0.626. The minimum atomic E-state index is -0.567. The molecule has 1 amide bonds. The topological polar surface area (TPSA) is 123 Å². The number of esters is 1. The van der Waals surface area contributed by atoms with E-state index < -0.39 is 23.1 Å². The molecule has 0 bridgehead atoms. The molecule has 1 fully saturated rings. The predicted molar refractivity (Wildman–Crippen MR) is 104 cm³/mol.